The van der Waals surface area contributed by atoms with Gasteiger partial charge in [-0.2, -0.15) is 5.10 Å². The summed E-state index contributed by atoms with van der Waals surface area (Å²) in [4.78, 5) is 26.8. The Morgan fingerprint density at radius 1 is 1.25 bits per heavy atom. The number of amides is 2. The van der Waals surface area contributed by atoms with Gasteiger partial charge in [-0.1, -0.05) is 50.9 Å². The van der Waals surface area contributed by atoms with Gasteiger partial charge in [-0.25, -0.2) is 4.79 Å². The molecule has 0 aliphatic carbocycles. The molecular formula is C21H26Cl2N6O3. The number of nitrogens with zero attached hydrogens (tertiary/aromatic N) is 3. The quantitative estimate of drug-likeness (QED) is 0.462. The Labute approximate surface area is 195 Å². The van der Waals surface area contributed by atoms with Crippen LogP contribution in [-0.4, -0.2) is 45.5 Å². The van der Waals surface area contributed by atoms with E-state index in [-0.39, 0.29) is 12.0 Å². The van der Waals surface area contributed by atoms with Gasteiger partial charge in [0.2, 0.25) is 0 Å². The number of aryl methyl sites for hydroxylation is 1. The number of halogens is 2. The number of aromatic nitrogens is 4. The van der Waals surface area contributed by atoms with Gasteiger partial charge in [0, 0.05) is 23.2 Å². The third-order valence-corrected chi connectivity index (χ3v) is 5.56. The van der Waals surface area contributed by atoms with Gasteiger partial charge in [-0.15, -0.1) is 9.73 Å². The number of esters is 1. The van der Waals surface area contributed by atoms with E-state index in [4.69, 9.17) is 23.2 Å². The van der Waals surface area contributed by atoms with Crippen LogP contribution in [0.25, 0.3) is 17.0 Å². The van der Waals surface area contributed by atoms with E-state index < -0.39 is 17.9 Å². The van der Waals surface area contributed by atoms with E-state index in [0.717, 1.165) is 11.3 Å². The number of H-pyrrole nitrogens is 1. The van der Waals surface area contributed by atoms with Gasteiger partial charge in [0.15, 0.2) is 11.5 Å². The first-order chi connectivity index (χ1) is 14.9. The fourth-order valence-corrected chi connectivity index (χ4v) is 4.01. The van der Waals surface area contributed by atoms with Gasteiger partial charge >= 0.3 is 12.0 Å². The summed E-state index contributed by atoms with van der Waals surface area (Å²) >= 11 is 13.0. The van der Waals surface area contributed by atoms with Gasteiger partial charge in [-0.05, 0) is 24.6 Å². The Morgan fingerprint density at radius 2 is 1.94 bits per heavy atom. The van der Waals surface area contributed by atoms with E-state index in [9.17, 15) is 9.59 Å². The minimum absolute atomic E-state index is 0.146. The van der Waals surface area contributed by atoms with Crippen molar-refractivity contribution < 1.29 is 14.3 Å². The van der Waals surface area contributed by atoms with E-state index in [1.54, 1.807) is 19.1 Å². The molecule has 172 valence electrons. The van der Waals surface area contributed by atoms with Crippen molar-refractivity contribution in [2.45, 2.75) is 40.0 Å². The largest absolute Gasteiger partial charge is 0.469 e. The molecule has 2 amide bonds. The standard InChI is InChI=1S/C21H26Cl2N6O3/c1-10-7-12(25-20(31)24-9-11(2)19(30)32-6)8-13(22)14(10)17-26-18-15(23)16(21(3,4)5)27-29(18)28-17/h7-8,11H,9H2,1-6H3,(H,26,28)(H2,24,25,31). The average molecular weight is 481 g/mol. The van der Waals surface area contributed by atoms with Crippen molar-refractivity contribution in [1.82, 2.24) is 25.1 Å². The number of urea groups is 1. The maximum atomic E-state index is 12.2. The summed E-state index contributed by atoms with van der Waals surface area (Å²) in [6.45, 7) is 9.75. The molecule has 9 nitrogen and oxygen atoms in total. The van der Waals surface area contributed by atoms with E-state index in [2.05, 4.69) is 30.6 Å². The van der Waals surface area contributed by atoms with Gasteiger partial charge < -0.3 is 20.4 Å². The van der Waals surface area contributed by atoms with Gasteiger partial charge in [0.1, 0.15) is 5.02 Å². The molecule has 0 radical (unpaired) electrons. The zero-order valence-corrected chi connectivity index (χ0v) is 20.3. The number of fused-ring (bicyclic) bond motifs is 1. The number of aromatic amines is 1. The van der Waals surface area contributed by atoms with Crippen molar-refractivity contribution >= 4 is 46.5 Å². The van der Waals surface area contributed by atoms with Crippen LogP contribution >= 0.6 is 23.2 Å². The second-order valence-electron chi connectivity index (χ2n) is 8.63. The van der Waals surface area contributed by atoms with Crippen molar-refractivity contribution in [1.29, 1.82) is 0 Å². The predicted molar refractivity (Wildman–Crippen MR) is 124 cm³/mol. The summed E-state index contributed by atoms with van der Waals surface area (Å²) in [6, 6.07) is 2.94. The van der Waals surface area contributed by atoms with Gasteiger partial charge in [0.25, 0.3) is 0 Å². The maximum absolute atomic E-state index is 12.2. The lowest BCUT2D eigenvalue weighted by Crippen LogP contribution is -2.35. The Hall–Kier alpha value is -2.78. The highest BCUT2D eigenvalue weighted by molar-refractivity contribution is 6.34. The molecule has 2 aromatic heterocycles. The molecule has 11 heteroatoms. The van der Waals surface area contributed by atoms with Crippen LogP contribution in [0.4, 0.5) is 10.5 Å². The Bertz CT molecular complexity index is 1160. The second kappa shape index (κ2) is 8.99. The summed E-state index contributed by atoms with van der Waals surface area (Å²) in [6.07, 6.45) is 0. The summed E-state index contributed by atoms with van der Waals surface area (Å²) < 4.78 is 6.11. The summed E-state index contributed by atoms with van der Waals surface area (Å²) in [5.41, 5.74) is 3.09. The first kappa shape index (κ1) is 23.9. The van der Waals surface area contributed by atoms with E-state index >= 15 is 0 Å². The highest BCUT2D eigenvalue weighted by Crippen LogP contribution is 2.35. The molecule has 3 N–H and O–H groups in total. The first-order valence-electron chi connectivity index (χ1n) is 10.0. The third-order valence-electron chi connectivity index (χ3n) is 4.91. The predicted octanol–water partition coefficient (Wildman–Crippen LogP) is 4.57. The summed E-state index contributed by atoms with van der Waals surface area (Å²) in [5.74, 6) is -0.338. The third kappa shape index (κ3) is 4.83. The van der Waals surface area contributed by atoms with E-state index in [1.807, 2.05) is 27.7 Å². The number of carbonyl (C=O) groups excluding carboxylic acids is 2. The van der Waals surface area contributed by atoms with Crippen LogP contribution in [-0.2, 0) is 14.9 Å². The van der Waals surface area contributed by atoms with E-state index in [1.165, 1.54) is 11.7 Å². The molecule has 0 aliphatic rings. The van der Waals surface area contributed by atoms with Crippen LogP contribution < -0.4 is 10.6 Å². The molecule has 0 saturated carbocycles. The van der Waals surface area contributed by atoms with E-state index in [0.29, 0.717) is 32.8 Å². The minimum atomic E-state index is -0.457. The molecule has 0 bridgehead atoms. The zero-order valence-electron chi connectivity index (χ0n) is 18.8. The highest BCUT2D eigenvalue weighted by Gasteiger charge is 2.26. The SMILES string of the molecule is COC(=O)C(C)CNC(=O)Nc1cc(C)c(-c2nn3nc(C(C)(C)C)c(Cl)c3[nH]2)c(Cl)c1. The molecule has 1 aromatic carbocycles. The Balaban J connectivity index is 1.80. The smallest absolute Gasteiger partial charge is 0.319 e. The lowest BCUT2D eigenvalue weighted by atomic mass is 9.92. The number of hydrogen-bond acceptors (Lipinski definition) is 5. The number of hydrogen-bond donors (Lipinski definition) is 3. The summed E-state index contributed by atoms with van der Waals surface area (Å²) in [5, 5.41) is 15.3. The number of nitrogens with one attached hydrogen (secondary N) is 3. The topological polar surface area (TPSA) is 113 Å². The zero-order chi connectivity index (χ0) is 23.8. The fourth-order valence-electron chi connectivity index (χ4n) is 3.21. The average Bonchev–Trinajstić information content (AvgIpc) is 3.24. The number of rotatable bonds is 5. The van der Waals surface area contributed by atoms with Crippen LogP contribution in [0.15, 0.2) is 12.1 Å². The lowest BCUT2D eigenvalue weighted by Gasteiger charge is -2.15. The van der Waals surface area contributed by atoms with Crippen LogP contribution in [0.3, 0.4) is 0 Å². The molecule has 2 heterocycles. The normalized spacial score (nSPS) is 12.6. The van der Waals surface area contributed by atoms with Crippen molar-refractivity contribution in [3.8, 4) is 11.4 Å². The minimum Gasteiger partial charge on any atom is -0.469 e. The number of ether oxygens (including phenoxy) is 1. The molecule has 1 atom stereocenters. The van der Waals surface area contributed by atoms with Crippen LogP contribution in [0.1, 0.15) is 39.0 Å². The number of methoxy groups -OCH3 is 1. The maximum Gasteiger partial charge on any atom is 0.319 e. The molecule has 3 rings (SSSR count). The molecule has 0 saturated heterocycles. The first-order valence-corrected chi connectivity index (χ1v) is 10.8. The van der Waals surface area contributed by atoms with Gasteiger partial charge in [0.05, 0.1) is 23.7 Å². The molecule has 1 unspecified atom stereocenters. The number of benzene rings is 1. The Morgan fingerprint density at radius 3 is 2.50 bits per heavy atom. The van der Waals surface area contributed by atoms with Crippen LogP contribution in [0.5, 0.6) is 0 Å². The Kier molecular flexibility index (Phi) is 6.71. The van der Waals surface area contributed by atoms with Crippen molar-refractivity contribution in [3.63, 3.8) is 0 Å². The summed E-state index contributed by atoms with van der Waals surface area (Å²) in [7, 11) is 1.30. The van der Waals surface area contributed by atoms with Crippen molar-refractivity contribution in [2.24, 2.45) is 5.92 Å². The second-order valence-corrected chi connectivity index (χ2v) is 9.42. The van der Waals surface area contributed by atoms with Crippen molar-refractivity contribution in [3.05, 3.63) is 33.4 Å². The number of anilines is 1. The molecular weight excluding hydrogens is 455 g/mol. The van der Waals surface area contributed by atoms with Gasteiger partial charge in [-0.3, -0.25) is 4.79 Å². The molecule has 32 heavy (non-hydrogen) atoms. The van der Waals surface area contributed by atoms with Crippen LogP contribution in [0.2, 0.25) is 10.0 Å². The monoisotopic (exact) mass is 480 g/mol. The highest BCUT2D eigenvalue weighted by atomic mass is 35.5. The molecule has 0 fully saturated rings. The van der Waals surface area contributed by atoms with Crippen molar-refractivity contribution in [2.75, 3.05) is 19.0 Å². The fraction of sp³-hybridized carbons (Fsp3) is 0.429. The molecule has 0 aliphatic heterocycles. The molecule has 0 spiro atoms. The number of carbonyl (C=O) groups is 2. The van der Waals surface area contributed by atoms with Crippen LogP contribution in [0, 0.1) is 12.8 Å². The lowest BCUT2D eigenvalue weighted by molar-refractivity contribution is -0.144. The molecule has 3 aromatic rings.